The molecule has 1 unspecified atom stereocenters. The van der Waals surface area contributed by atoms with Gasteiger partial charge in [-0.25, -0.2) is 0 Å². The van der Waals surface area contributed by atoms with E-state index in [2.05, 4.69) is 59.0 Å². The zero-order valence-electron chi connectivity index (χ0n) is 17.5. The summed E-state index contributed by atoms with van der Waals surface area (Å²) in [6.07, 6.45) is 6.20. The third-order valence-corrected chi connectivity index (χ3v) is 6.33. The van der Waals surface area contributed by atoms with Gasteiger partial charge in [0.25, 0.3) is 0 Å². The lowest BCUT2D eigenvalue weighted by Crippen LogP contribution is -2.34. The van der Waals surface area contributed by atoms with E-state index in [1.165, 1.54) is 0 Å². The maximum absolute atomic E-state index is 11.8. The number of nitrogens with zero attached hydrogens (tertiary/aromatic N) is 3. The largest absolute Gasteiger partial charge is 0.329 e. The van der Waals surface area contributed by atoms with Crippen LogP contribution in [0.5, 0.6) is 0 Å². The molecule has 3 aliphatic rings. The van der Waals surface area contributed by atoms with Crippen molar-refractivity contribution in [2.45, 2.75) is 73.3 Å². The Balaban J connectivity index is 1.93. The van der Waals surface area contributed by atoms with Crippen LogP contribution in [0.4, 0.5) is 0 Å². The Hall–Kier alpha value is -2.22. The van der Waals surface area contributed by atoms with E-state index in [9.17, 15) is 10.1 Å². The van der Waals surface area contributed by atoms with Gasteiger partial charge in [-0.3, -0.25) is 14.8 Å². The molecule has 27 heavy (non-hydrogen) atoms. The first kappa shape index (κ1) is 19.5. The van der Waals surface area contributed by atoms with Crippen LogP contribution in [0.2, 0.25) is 0 Å². The van der Waals surface area contributed by atoms with Gasteiger partial charge in [-0.15, -0.1) is 0 Å². The van der Waals surface area contributed by atoms with Crippen LogP contribution < -0.4 is 5.32 Å². The minimum absolute atomic E-state index is 0.0678. The van der Waals surface area contributed by atoms with Crippen LogP contribution >= 0.6 is 0 Å². The molecule has 5 heteroatoms. The van der Waals surface area contributed by atoms with Crippen molar-refractivity contribution in [2.75, 3.05) is 0 Å². The molecule has 3 heterocycles. The number of allylic oxidation sites excluding steroid dienone is 4. The highest BCUT2D eigenvalue weighted by atomic mass is 16.1. The number of aliphatic imine (C=N–C) groups is 2. The highest BCUT2D eigenvalue weighted by Gasteiger charge is 2.47. The third-order valence-electron chi connectivity index (χ3n) is 6.33. The van der Waals surface area contributed by atoms with Gasteiger partial charge >= 0.3 is 0 Å². The molecule has 3 aliphatic heterocycles. The van der Waals surface area contributed by atoms with Crippen LogP contribution in [-0.2, 0) is 4.79 Å². The number of rotatable bonds is 2. The van der Waals surface area contributed by atoms with Crippen LogP contribution in [0.3, 0.4) is 0 Å². The van der Waals surface area contributed by atoms with Crippen LogP contribution in [0.1, 0.15) is 67.7 Å². The van der Waals surface area contributed by atoms with Crippen molar-refractivity contribution in [2.24, 2.45) is 26.2 Å². The lowest BCUT2D eigenvalue weighted by Gasteiger charge is -2.29. The van der Waals surface area contributed by atoms with Gasteiger partial charge in [-0.1, -0.05) is 41.5 Å². The fourth-order valence-corrected chi connectivity index (χ4v) is 3.98. The number of hydrogen-bond acceptors (Lipinski definition) is 4. The Morgan fingerprint density at radius 3 is 2.15 bits per heavy atom. The molecule has 0 bridgehead atoms. The first-order chi connectivity index (χ1) is 12.3. The molecule has 144 valence electrons. The Morgan fingerprint density at radius 2 is 1.63 bits per heavy atom. The average molecular weight is 367 g/mol. The summed E-state index contributed by atoms with van der Waals surface area (Å²) in [6.45, 7) is 14.6. The molecule has 0 aromatic heterocycles. The molecule has 3 rings (SSSR count). The van der Waals surface area contributed by atoms with Gasteiger partial charge in [-0.2, -0.15) is 5.26 Å². The summed E-state index contributed by atoms with van der Waals surface area (Å²) >= 11 is 0. The zero-order valence-corrected chi connectivity index (χ0v) is 17.5. The predicted molar refractivity (Wildman–Crippen MR) is 108 cm³/mol. The molecule has 1 fully saturated rings. The smallest absolute Gasteiger partial charge is 0.225 e. The molecule has 0 aromatic rings. The lowest BCUT2D eigenvalue weighted by atomic mass is 9.74. The van der Waals surface area contributed by atoms with Crippen molar-refractivity contribution in [3.63, 3.8) is 0 Å². The van der Waals surface area contributed by atoms with E-state index in [0.29, 0.717) is 6.42 Å². The van der Waals surface area contributed by atoms with Crippen molar-refractivity contribution in [3.05, 3.63) is 23.5 Å². The number of amides is 1. The normalized spacial score (nSPS) is 33.8. The van der Waals surface area contributed by atoms with Gasteiger partial charge in [0.05, 0.1) is 6.07 Å². The fourth-order valence-electron chi connectivity index (χ4n) is 3.98. The minimum atomic E-state index is -0.700. The molecular weight excluding hydrogens is 336 g/mol. The van der Waals surface area contributed by atoms with E-state index < -0.39 is 5.54 Å². The van der Waals surface area contributed by atoms with Gasteiger partial charge in [-0.05, 0) is 25.5 Å². The molecule has 0 aromatic carbocycles. The van der Waals surface area contributed by atoms with Crippen molar-refractivity contribution in [1.82, 2.24) is 5.32 Å². The molecule has 1 saturated heterocycles. The minimum Gasteiger partial charge on any atom is -0.329 e. The monoisotopic (exact) mass is 366 g/mol. The highest BCUT2D eigenvalue weighted by Crippen LogP contribution is 2.45. The lowest BCUT2D eigenvalue weighted by molar-refractivity contribution is -0.119. The zero-order chi connectivity index (χ0) is 20.3. The van der Waals surface area contributed by atoms with Gasteiger partial charge in [0.15, 0.2) is 0 Å². The molecule has 0 spiro atoms. The average Bonchev–Trinajstić information content (AvgIpc) is 3.01. The molecule has 0 radical (unpaired) electrons. The SMILES string of the molecule is CC1(C)CC(/C=C2\NC(=O)CC2(C)C)=NC/1=C\C1=NC(C)(C#N)C(C)(C)C1. The fraction of sp³-hybridized carbons (Fsp3) is 0.636. The molecule has 1 N–H and O–H groups in total. The molecular formula is C22H30N4O. The van der Waals surface area contributed by atoms with Crippen molar-refractivity contribution in [1.29, 1.82) is 5.26 Å². The standard InChI is InChI=1S/C22H30N4O/c1-19(2)10-14(8-17-20(3,4)12-18(27)25-17)24-16(19)9-15-11-21(5,6)22(7,13-23)26-15/h8-9H,10-12H2,1-7H3,(H,25,27)/b16-9-,17-8-. The second-order valence-electron chi connectivity index (χ2n) is 10.2. The summed E-state index contributed by atoms with van der Waals surface area (Å²) in [5.74, 6) is 0.0678. The Bertz CT molecular complexity index is 861. The van der Waals surface area contributed by atoms with Crippen LogP contribution in [0.15, 0.2) is 33.5 Å². The summed E-state index contributed by atoms with van der Waals surface area (Å²) in [5.41, 5.74) is 2.70. The van der Waals surface area contributed by atoms with Crippen molar-refractivity contribution in [3.8, 4) is 6.07 Å². The summed E-state index contributed by atoms with van der Waals surface area (Å²) < 4.78 is 0. The molecule has 0 aliphatic carbocycles. The number of carbonyl (C=O) groups excluding carboxylic acids is 1. The van der Waals surface area contributed by atoms with E-state index >= 15 is 0 Å². The first-order valence-electron chi connectivity index (χ1n) is 9.60. The second-order valence-corrected chi connectivity index (χ2v) is 10.2. The Morgan fingerprint density at radius 1 is 0.963 bits per heavy atom. The molecule has 1 amide bonds. The first-order valence-corrected chi connectivity index (χ1v) is 9.60. The van der Waals surface area contributed by atoms with E-state index in [4.69, 9.17) is 9.98 Å². The van der Waals surface area contributed by atoms with E-state index in [1.54, 1.807) is 0 Å². The number of nitriles is 1. The number of carbonyl (C=O) groups is 1. The molecule has 0 saturated carbocycles. The van der Waals surface area contributed by atoms with Crippen molar-refractivity contribution < 1.29 is 4.79 Å². The quantitative estimate of drug-likeness (QED) is 0.790. The van der Waals surface area contributed by atoms with Crippen molar-refractivity contribution >= 4 is 17.3 Å². The van der Waals surface area contributed by atoms with Gasteiger partial charge in [0.1, 0.15) is 5.54 Å². The summed E-state index contributed by atoms with van der Waals surface area (Å²) in [7, 11) is 0. The summed E-state index contributed by atoms with van der Waals surface area (Å²) in [6, 6.07) is 2.37. The maximum Gasteiger partial charge on any atom is 0.225 e. The van der Waals surface area contributed by atoms with E-state index in [0.717, 1.165) is 35.7 Å². The topological polar surface area (TPSA) is 77.6 Å². The number of nitrogens with one attached hydrogen (secondary N) is 1. The van der Waals surface area contributed by atoms with Gasteiger partial charge in [0.2, 0.25) is 5.91 Å². The van der Waals surface area contributed by atoms with E-state index in [-0.39, 0.29) is 22.2 Å². The molecule has 1 atom stereocenters. The van der Waals surface area contributed by atoms with Crippen LogP contribution in [0, 0.1) is 27.6 Å². The third kappa shape index (κ3) is 3.38. The highest BCUT2D eigenvalue weighted by molar-refractivity contribution is 6.03. The van der Waals surface area contributed by atoms with E-state index in [1.807, 2.05) is 13.0 Å². The van der Waals surface area contributed by atoms with Gasteiger partial charge in [0, 0.05) is 51.9 Å². The van der Waals surface area contributed by atoms with Crippen LogP contribution in [-0.4, -0.2) is 22.9 Å². The van der Waals surface area contributed by atoms with Crippen LogP contribution in [0.25, 0.3) is 0 Å². The second kappa shape index (κ2) is 5.89. The Labute approximate surface area is 162 Å². The predicted octanol–water partition coefficient (Wildman–Crippen LogP) is 4.32. The van der Waals surface area contributed by atoms with Gasteiger partial charge < -0.3 is 5.32 Å². The number of hydrogen-bond donors (Lipinski definition) is 1. The molecule has 5 nitrogen and oxygen atoms in total. The maximum atomic E-state index is 11.8. The summed E-state index contributed by atoms with van der Waals surface area (Å²) in [5, 5.41) is 12.5. The Kier molecular flexibility index (Phi) is 4.26. The summed E-state index contributed by atoms with van der Waals surface area (Å²) in [4.78, 5) is 21.4.